The summed E-state index contributed by atoms with van der Waals surface area (Å²) in [6.45, 7) is 1.33. The third-order valence-corrected chi connectivity index (χ3v) is 5.62. The number of benzene rings is 1. The van der Waals surface area contributed by atoms with Gasteiger partial charge in [-0.2, -0.15) is 23.5 Å². The molecule has 0 saturated carbocycles. The van der Waals surface area contributed by atoms with Gasteiger partial charge in [-0.15, -0.1) is 0 Å². The summed E-state index contributed by atoms with van der Waals surface area (Å²) in [7, 11) is -4.08. The van der Waals surface area contributed by atoms with Crippen molar-refractivity contribution in [3.8, 4) is 6.07 Å². The zero-order chi connectivity index (χ0) is 22.8. The van der Waals surface area contributed by atoms with Crippen LogP contribution >= 0.6 is 0 Å². The van der Waals surface area contributed by atoms with Crippen LogP contribution in [0.5, 0.6) is 0 Å². The Bertz CT molecular complexity index is 1260. The second-order valence-corrected chi connectivity index (χ2v) is 8.30. The summed E-state index contributed by atoms with van der Waals surface area (Å²) in [5.41, 5.74) is -0.361. The number of rotatable bonds is 6. The van der Waals surface area contributed by atoms with Gasteiger partial charge in [0.15, 0.2) is 5.65 Å². The van der Waals surface area contributed by atoms with Crippen LogP contribution in [0.1, 0.15) is 28.4 Å². The molecule has 2 N–H and O–H groups in total. The molecular weight excluding hydrogens is 437 g/mol. The topological polar surface area (TPSA) is 129 Å². The summed E-state index contributed by atoms with van der Waals surface area (Å²) in [6.07, 6.45) is -0.619. The van der Waals surface area contributed by atoms with Gasteiger partial charge in [0.2, 0.25) is 10.0 Å². The number of hydrogen-bond acceptors (Lipinski definition) is 6. The molecule has 1 atom stereocenters. The molecule has 0 fully saturated rings. The first-order chi connectivity index (χ1) is 14.5. The van der Waals surface area contributed by atoms with Gasteiger partial charge in [0.1, 0.15) is 11.6 Å². The number of fused-ring (bicyclic) bond motifs is 1. The number of hydrogen-bond donors (Lipinski definition) is 2. The van der Waals surface area contributed by atoms with E-state index in [-0.39, 0.29) is 28.2 Å². The molecule has 31 heavy (non-hydrogen) atoms. The predicted octanol–water partition coefficient (Wildman–Crippen LogP) is 1.72. The van der Waals surface area contributed by atoms with E-state index in [4.69, 9.17) is 5.26 Å². The highest BCUT2D eigenvalue weighted by molar-refractivity contribution is 7.89. The van der Waals surface area contributed by atoms with Crippen LogP contribution < -0.4 is 10.0 Å². The van der Waals surface area contributed by atoms with Gasteiger partial charge in [0.25, 0.3) is 5.91 Å². The summed E-state index contributed by atoms with van der Waals surface area (Å²) < 4.78 is 65.9. The molecule has 0 aliphatic carbocycles. The van der Waals surface area contributed by atoms with E-state index >= 15 is 0 Å². The van der Waals surface area contributed by atoms with Crippen molar-refractivity contribution >= 4 is 21.6 Å². The van der Waals surface area contributed by atoms with Gasteiger partial charge in [-0.3, -0.25) is 4.79 Å². The van der Waals surface area contributed by atoms with Crippen LogP contribution in [0.2, 0.25) is 0 Å². The van der Waals surface area contributed by atoms with E-state index in [1.54, 1.807) is 6.92 Å². The molecular formula is C18H15F3N6O3S. The molecule has 0 unspecified atom stereocenters. The summed E-state index contributed by atoms with van der Waals surface area (Å²) >= 11 is 0. The molecule has 0 saturated heterocycles. The van der Waals surface area contributed by atoms with E-state index in [1.807, 2.05) is 6.07 Å². The number of nitriles is 1. The first-order valence-electron chi connectivity index (χ1n) is 8.72. The van der Waals surface area contributed by atoms with Gasteiger partial charge >= 0.3 is 6.18 Å². The number of carbonyl (C=O) groups excluding carboxylic acids is 1. The maximum absolute atomic E-state index is 12.6. The van der Waals surface area contributed by atoms with Crippen LogP contribution in [-0.2, 0) is 16.2 Å². The Hall–Kier alpha value is -3.50. The molecule has 9 nitrogen and oxygen atoms in total. The average Bonchev–Trinajstić information content (AvgIpc) is 3.15. The van der Waals surface area contributed by atoms with Crippen molar-refractivity contribution in [1.29, 1.82) is 5.26 Å². The Kier molecular flexibility index (Phi) is 5.96. The molecule has 0 aliphatic rings. The molecule has 0 spiro atoms. The summed E-state index contributed by atoms with van der Waals surface area (Å²) in [5, 5.41) is 15.4. The van der Waals surface area contributed by atoms with Crippen LogP contribution in [0.3, 0.4) is 0 Å². The highest BCUT2D eigenvalue weighted by atomic mass is 32.2. The smallest absolute Gasteiger partial charge is 0.348 e. The van der Waals surface area contributed by atoms with E-state index in [9.17, 15) is 26.4 Å². The van der Waals surface area contributed by atoms with Crippen molar-refractivity contribution < 1.29 is 26.4 Å². The van der Waals surface area contributed by atoms with E-state index in [1.165, 1.54) is 23.1 Å². The number of alkyl halides is 3. The summed E-state index contributed by atoms with van der Waals surface area (Å²) in [4.78, 5) is 16.1. The minimum atomic E-state index is -4.57. The number of carbonyl (C=O) groups is 1. The lowest BCUT2D eigenvalue weighted by molar-refractivity contribution is -0.137. The summed E-state index contributed by atoms with van der Waals surface area (Å²) in [6, 6.07) is 4.30. The van der Waals surface area contributed by atoms with Crippen LogP contribution in [0.15, 0.2) is 47.8 Å². The maximum atomic E-state index is 12.6. The molecule has 0 aliphatic heterocycles. The Morgan fingerprint density at radius 1 is 1.26 bits per heavy atom. The number of amides is 1. The third-order valence-electron chi connectivity index (χ3n) is 4.18. The molecule has 3 rings (SSSR count). The van der Waals surface area contributed by atoms with E-state index in [0.29, 0.717) is 12.1 Å². The van der Waals surface area contributed by atoms with Gasteiger partial charge in [-0.05, 0) is 31.2 Å². The van der Waals surface area contributed by atoms with Crippen molar-refractivity contribution in [2.75, 3.05) is 6.54 Å². The molecule has 2 aromatic heterocycles. The lowest BCUT2D eigenvalue weighted by Gasteiger charge is -2.15. The molecule has 0 radical (unpaired) electrons. The standard InChI is InChI=1S/C18H15F3N6O3S/c1-11(7-25-31(29,30)14-4-2-13(3-5-14)18(19,20)21)26-17(28)15-9-24-27-10-12(6-22)8-23-16(15)27/h2-5,8-11,25H,7H2,1H3,(H,26,28)/t11-/m0/s1. The molecule has 13 heteroatoms. The Morgan fingerprint density at radius 3 is 2.55 bits per heavy atom. The van der Waals surface area contributed by atoms with Crippen molar-refractivity contribution in [2.24, 2.45) is 0 Å². The SMILES string of the molecule is C[C@@H](CNS(=O)(=O)c1ccc(C(F)(F)F)cc1)NC(=O)c1cnn2cc(C#N)cnc12. The number of sulfonamides is 1. The number of nitrogens with zero attached hydrogens (tertiary/aromatic N) is 4. The molecule has 1 aromatic carbocycles. The lowest BCUT2D eigenvalue weighted by Crippen LogP contribution is -2.41. The number of nitrogens with one attached hydrogen (secondary N) is 2. The van der Waals surface area contributed by atoms with Crippen molar-refractivity contribution in [1.82, 2.24) is 24.6 Å². The van der Waals surface area contributed by atoms with Crippen LogP contribution in [0.4, 0.5) is 13.2 Å². The van der Waals surface area contributed by atoms with Gasteiger partial charge < -0.3 is 5.32 Å². The molecule has 3 aromatic rings. The minimum Gasteiger partial charge on any atom is -0.348 e. The second kappa shape index (κ2) is 8.32. The number of aromatic nitrogens is 3. The highest BCUT2D eigenvalue weighted by Gasteiger charge is 2.30. The monoisotopic (exact) mass is 452 g/mol. The molecule has 2 heterocycles. The lowest BCUT2D eigenvalue weighted by atomic mass is 10.2. The Morgan fingerprint density at radius 2 is 1.94 bits per heavy atom. The number of halogens is 3. The van der Waals surface area contributed by atoms with Crippen molar-refractivity contribution in [3.63, 3.8) is 0 Å². The second-order valence-electron chi connectivity index (χ2n) is 6.53. The highest BCUT2D eigenvalue weighted by Crippen LogP contribution is 2.29. The molecule has 1 amide bonds. The summed E-state index contributed by atoms with van der Waals surface area (Å²) in [5.74, 6) is -0.562. The third kappa shape index (κ3) is 4.98. The van der Waals surface area contributed by atoms with Gasteiger partial charge in [0.05, 0.1) is 28.4 Å². The van der Waals surface area contributed by atoms with Gasteiger partial charge in [0, 0.05) is 18.8 Å². The Labute approximate surface area is 174 Å². The van der Waals surface area contributed by atoms with E-state index < -0.39 is 33.7 Å². The minimum absolute atomic E-state index is 0.127. The zero-order valence-corrected chi connectivity index (χ0v) is 16.7. The van der Waals surface area contributed by atoms with Crippen LogP contribution in [0.25, 0.3) is 5.65 Å². The molecule has 162 valence electrons. The average molecular weight is 452 g/mol. The fourth-order valence-electron chi connectivity index (χ4n) is 2.59. The molecule has 0 bridgehead atoms. The van der Waals surface area contributed by atoms with Crippen molar-refractivity contribution in [2.45, 2.75) is 24.0 Å². The van der Waals surface area contributed by atoms with Crippen LogP contribution in [0, 0.1) is 11.3 Å². The van der Waals surface area contributed by atoms with E-state index in [0.717, 1.165) is 12.1 Å². The van der Waals surface area contributed by atoms with Gasteiger partial charge in [-0.1, -0.05) is 0 Å². The predicted molar refractivity (Wildman–Crippen MR) is 101 cm³/mol. The first-order valence-corrected chi connectivity index (χ1v) is 10.2. The van der Waals surface area contributed by atoms with E-state index in [2.05, 4.69) is 20.1 Å². The zero-order valence-electron chi connectivity index (χ0n) is 15.9. The normalized spacial score (nSPS) is 13.0. The largest absolute Gasteiger partial charge is 0.416 e. The maximum Gasteiger partial charge on any atom is 0.416 e. The van der Waals surface area contributed by atoms with Crippen LogP contribution in [-0.4, -0.2) is 41.5 Å². The van der Waals surface area contributed by atoms with Gasteiger partial charge in [-0.25, -0.2) is 22.6 Å². The first kappa shape index (κ1) is 22.2. The van der Waals surface area contributed by atoms with Crippen molar-refractivity contribution in [3.05, 3.63) is 59.5 Å². The Balaban J connectivity index is 1.63. The fourth-order valence-corrected chi connectivity index (χ4v) is 3.72. The quantitative estimate of drug-likeness (QED) is 0.586. The fraction of sp³-hybridized carbons (Fsp3) is 0.222.